The van der Waals surface area contributed by atoms with Gasteiger partial charge in [-0.15, -0.1) is 0 Å². The number of fused-ring (bicyclic) bond motifs is 1. The number of hydrogen-bond acceptors (Lipinski definition) is 5. The Morgan fingerprint density at radius 2 is 2.21 bits per heavy atom. The number of aliphatic hydroxyl groups is 1. The highest BCUT2D eigenvalue weighted by molar-refractivity contribution is 6.30. The van der Waals surface area contributed by atoms with Gasteiger partial charge in [0.15, 0.2) is 0 Å². The van der Waals surface area contributed by atoms with Crippen LogP contribution in [0.5, 0.6) is 0 Å². The maximum atomic E-state index is 11.0. The average Bonchev–Trinajstić information content (AvgIpc) is 3.13. The van der Waals surface area contributed by atoms with Gasteiger partial charge in [-0.1, -0.05) is 23.7 Å². The zero-order chi connectivity index (χ0) is 16.7. The smallest absolute Gasteiger partial charge is 0.254 e. The molecule has 1 atom stereocenters. The second-order valence-electron chi connectivity index (χ2n) is 6.43. The van der Waals surface area contributed by atoms with Crippen molar-refractivity contribution in [2.45, 2.75) is 25.4 Å². The predicted octanol–water partition coefficient (Wildman–Crippen LogP) is 2.27. The fraction of sp³-hybridized carbons (Fsp3) is 0.353. The van der Waals surface area contributed by atoms with E-state index in [4.69, 9.17) is 11.6 Å². The Balaban J connectivity index is 1.60. The lowest BCUT2D eigenvalue weighted by atomic mass is 9.94. The number of benzene rings is 1. The molecule has 0 spiro atoms. The standard InChI is InChI=1S/C17H18ClN5O/c1-12-7-15(23-16(21-12)19-11-20-23)22-6-5-17(24,10-22)9-13-3-2-4-14(18)8-13/h2-4,7-8,11,24H,5-6,9-10H2,1H3. The van der Waals surface area contributed by atoms with E-state index in [0.717, 1.165) is 23.6 Å². The Morgan fingerprint density at radius 3 is 3.04 bits per heavy atom. The summed E-state index contributed by atoms with van der Waals surface area (Å²) >= 11 is 6.05. The topological polar surface area (TPSA) is 66.5 Å². The molecule has 124 valence electrons. The van der Waals surface area contributed by atoms with Crippen LogP contribution in [0.2, 0.25) is 5.02 Å². The third kappa shape index (κ3) is 2.83. The number of hydrogen-bond donors (Lipinski definition) is 1. The van der Waals surface area contributed by atoms with Crippen LogP contribution in [-0.4, -0.2) is 43.4 Å². The summed E-state index contributed by atoms with van der Waals surface area (Å²) in [5.74, 6) is 1.49. The van der Waals surface area contributed by atoms with Gasteiger partial charge in [-0.25, -0.2) is 4.98 Å². The van der Waals surface area contributed by atoms with Crippen LogP contribution in [0.1, 0.15) is 17.7 Å². The van der Waals surface area contributed by atoms with E-state index in [1.807, 2.05) is 37.3 Å². The highest BCUT2D eigenvalue weighted by Gasteiger charge is 2.37. The van der Waals surface area contributed by atoms with Crippen LogP contribution >= 0.6 is 11.6 Å². The van der Waals surface area contributed by atoms with Crippen molar-refractivity contribution in [2.75, 3.05) is 18.0 Å². The molecule has 3 heterocycles. The first kappa shape index (κ1) is 15.4. The second kappa shape index (κ2) is 5.72. The van der Waals surface area contributed by atoms with E-state index in [1.165, 1.54) is 6.33 Å². The van der Waals surface area contributed by atoms with Crippen LogP contribution in [-0.2, 0) is 6.42 Å². The summed E-state index contributed by atoms with van der Waals surface area (Å²) < 4.78 is 1.72. The summed E-state index contributed by atoms with van der Waals surface area (Å²) in [6.07, 6.45) is 2.77. The van der Waals surface area contributed by atoms with Crippen molar-refractivity contribution in [3.63, 3.8) is 0 Å². The van der Waals surface area contributed by atoms with Crippen molar-refractivity contribution in [2.24, 2.45) is 0 Å². The van der Waals surface area contributed by atoms with Gasteiger partial charge in [0.05, 0.1) is 5.60 Å². The molecular weight excluding hydrogens is 326 g/mol. The summed E-state index contributed by atoms with van der Waals surface area (Å²) in [5, 5.41) is 16.0. The van der Waals surface area contributed by atoms with Crippen LogP contribution in [0, 0.1) is 6.92 Å². The Morgan fingerprint density at radius 1 is 1.33 bits per heavy atom. The van der Waals surface area contributed by atoms with Gasteiger partial charge in [0.1, 0.15) is 12.1 Å². The lowest BCUT2D eigenvalue weighted by Gasteiger charge is -2.24. The molecule has 1 saturated heterocycles. The zero-order valence-electron chi connectivity index (χ0n) is 13.4. The van der Waals surface area contributed by atoms with Gasteiger partial charge < -0.3 is 10.0 Å². The van der Waals surface area contributed by atoms with Crippen LogP contribution in [0.15, 0.2) is 36.7 Å². The third-order valence-corrected chi connectivity index (χ3v) is 4.67. The third-order valence-electron chi connectivity index (χ3n) is 4.44. The van der Waals surface area contributed by atoms with Crippen molar-refractivity contribution in [3.8, 4) is 0 Å². The van der Waals surface area contributed by atoms with E-state index in [-0.39, 0.29) is 0 Å². The minimum Gasteiger partial charge on any atom is -0.388 e. The average molecular weight is 344 g/mol. The van der Waals surface area contributed by atoms with E-state index in [9.17, 15) is 5.11 Å². The van der Waals surface area contributed by atoms with Gasteiger partial charge in [0, 0.05) is 36.3 Å². The van der Waals surface area contributed by atoms with E-state index in [0.29, 0.717) is 30.2 Å². The van der Waals surface area contributed by atoms with Crippen LogP contribution in [0.3, 0.4) is 0 Å². The summed E-state index contributed by atoms with van der Waals surface area (Å²) in [7, 11) is 0. The lowest BCUT2D eigenvalue weighted by molar-refractivity contribution is 0.0637. The van der Waals surface area contributed by atoms with Crippen molar-refractivity contribution in [3.05, 3.63) is 52.9 Å². The largest absolute Gasteiger partial charge is 0.388 e. The molecule has 1 aromatic carbocycles. The molecule has 7 heteroatoms. The van der Waals surface area contributed by atoms with Crippen LogP contribution in [0.4, 0.5) is 5.82 Å². The molecule has 4 rings (SSSR count). The van der Waals surface area contributed by atoms with Gasteiger partial charge >= 0.3 is 0 Å². The molecule has 1 aliphatic rings. The number of aromatic nitrogens is 4. The molecule has 6 nitrogen and oxygen atoms in total. The molecule has 0 amide bonds. The SMILES string of the molecule is Cc1cc(N2CCC(O)(Cc3cccc(Cl)c3)C2)n2ncnc2n1. The van der Waals surface area contributed by atoms with Gasteiger partial charge in [-0.3, -0.25) is 0 Å². The Hall–Kier alpha value is -2.18. The molecule has 0 saturated carbocycles. The quantitative estimate of drug-likeness (QED) is 0.790. The molecule has 1 N–H and O–H groups in total. The first-order valence-electron chi connectivity index (χ1n) is 7.92. The van der Waals surface area contributed by atoms with Crippen molar-refractivity contribution < 1.29 is 5.11 Å². The molecule has 3 aromatic rings. The number of rotatable bonds is 3. The molecule has 1 unspecified atom stereocenters. The molecular formula is C17H18ClN5O. The molecule has 1 fully saturated rings. The van der Waals surface area contributed by atoms with E-state index in [2.05, 4.69) is 20.0 Å². The number of nitrogens with zero attached hydrogens (tertiary/aromatic N) is 5. The maximum absolute atomic E-state index is 11.0. The van der Waals surface area contributed by atoms with Gasteiger partial charge in [-0.2, -0.15) is 14.6 Å². The van der Waals surface area contributed by atoms with Crippen LogP contribution < -0.4 is 4.90 Å². The first-order valence-corrected chi connectivity index (χ1v) is 8.29. The predicted molar refractivity (Wildman–Crippen MR) is 92.5 cm³/mol. The Kier molecular flexibility index (Phi) is 3.66. The molecule has 24 heavy (non-hydrogen) atoms. The summed E-state index contributed by atoms with van der Waals surface area (Å²) in [4.78, 5) is 10.7. The summed E-state index contributed by atoms with van der Waals surface area (Å²) in [5.41, 5.74) is 1.15. The molecule has 0 radical (unpaired) electrons. The highest BCUT2D eigenvalue weighted by Crippen LogP contribution is 2.30. The maximum Gasteiger partial charge on any atom is 0.254 e. The Bertz CT molecular complexity index is 896. The van der Waals surface area contributed by atoms with Crippen molar-refractivity contribution in [1.29, 1.82) is 0 Å². The number of halogens is 1. The lowest BCUT2D eigenvalue weighted by Crippen LogP contribution is -2.36. The number of β-amino-alcohol motifs (C(OH)–C–C–N with tert-alkyl or cyclic N) is 1. The van der Waals surface area contributed by atoms with Gasteiger partial charge in [0.25, 0.3) is 5.78 Å². The fourth-order valence-corrected chi connectivity index (χ4v) is 3.57. The Labute approximate surface area is 144 Å². The molecule has 2 aromatic heterocycles. The number of anilines is 1. The second-order valence-corrected chi connectivity index (χ2v) is 6.87. The molecule has 0 aliphatic carbocycles. The summed E-state index contributed by atoms with van der Waals surface area (Å²) in [6, 6.07) is 9.65. The van der Waals surface area contributed by atoms with E-state index >= 15 is 0 Å². The monoisotopic (exact) mass is 343 g/mol. The first-order chi connectivity index (χ1) is 11.5. The highest BCUT2D eigenvalue weighted by atomic mass is 35.5. The summed E-state index contributed by atoms with van der Waals surface area (Å²) in [6.45, 7) is 3.24. The van der Waals surface area contributed by atoms with Crippen molar-refractivity contribution >= 4 is 23.2 Å². The zero-order valence-corrected chi connectivity index (χ0v) is 14.1. The van der Waals surface area contributed by atoms with Gasteiger partial charge in [0.2, 0.25) is 0 Å². The van der Waals surface area contributed by atoms with Gasteiger partial charge in [-0.05, 0) is 31.0 Å². The molecule has 1 aliphatic heterocycles. The minimum atomic E-state index is -0.783. The van der Waals surface area contributed by atoms with E-state index in [1.54, 1.807) is 4.52 Å². The minimum absolute atomic E-state index is 0.540. The normalized spacial score (nSPS) is 20.9. The van der Waals surface area contributed by atoms with Crippen molar-refractivity contribution in [1.82, 2.24) is 19.6 Å². The van der Waals surface area contributed by atoms with E-state index < -0.39 is 5.60 Å². The number of aryl methyl sites for hydroxylation is 1. The fourth-order valence-electron chi connectivity index (χ4n) is 3.36. The molecule has 0 bridgehead atoms. The van der Waals surface area contributed by atoms with Crippen LogP contribution in [0.25, 0.3) is 5.78 Å².